The second-order valence-electron chi connectivity index (χ2n) is 2.44. The highest BCUT2D eigenvalue weighted by Gasteiger charge is 2.33. The van der Waals surface area contributed by atoms with E-state index in [0.717, 1.165) is 0 Å². The first kappa shape index (κ1) is 13.4. The highest BCUT2D eigenvalue weighted by atomic mass is 35.5. The largest absolute Gasteiger partial charge is 0.319 e. The van der Waals surface area contributed by atoms with Crippen LogP contribution in [0, 0.1) is 0 Å². The number of halogens is 4. The van der Waals surface area contributed by atoms with Crippen molar-refractivity contribution in [2.45, 2.75) is 8.81 Å². The molecule has 1 aromatic rings. The third-order valence-electron chi connectivity index (χ3n) is 1.31. The molecule has 0 bridgehead atoms. The molecule has 1 aromatic carbocycles. The van der Waals surface area contributed by atoms with Crippen molar-refractivity contribution in [1.29, 1.82) is 0 Å². The van der Waals surface area contributed by atoms with Crippen LogP contribution in [-0.2, 0) is 8.87 Å². The van der Waals surface area contributed by atoms with Crippen LogP contribution in [0.5, 0.6) is 0 Å². The summed E-state index contributed by atoms with van der Waals surface area (Å²) in [5, 5.41) is 0.377. The molecule has 15 heavy (non-hydrogen) atoms. The Bertz CT molecular complexity index is 438. The first-order valence-electron chi connectivity index (χ1n) is 3.49. The molecular weight excluding hydrogens is 306 g/mol. The maximum Gasteiger partial charge on any atom is 0.319 e. The topological polar surface area (TPSA) is 34.1 Å². The van der Waals surface area contributed by atoms with Crippen molar-refractivity contribution in [2.75, 3.05) is 0 Å². The van der Waals surface area contributed by atoms with Crippen molar-refractivity contribution in [1.82, 2.24) is 0 Å². The molecule has 0 unspecified atom stereocenters. The highest BCUT2D eigenvalue weighted by molar-refractivity contribution is 8.73. The Morgan fingerprint density at radius 1 is 1.20 bits per heavy atom. The van der Waals surface area contributed by atoms with E-state index in [2.05, 4.69) is 0 Å². The van der Waals surface area contributed by atoms with Gasteiger partial charge in [0, 0.05) is 15.8 Å². The minimum absolute atomic E-state index is 0.111. The number of hydrogen-bond donors (Lipinski definition) is 0. The van der Waals surface area contributed by atoms with Gasteiger partial charge >= 0.3 is 3.92 Å². The predicted molar refractivity (Wildman–Crippen MR) is 61.8 cm³/mol. The molecule has 0 aliphatic carbocycles. The molecule has 0 amide bonds. The van der Waals surface area contributed by atoms with E-state index in [9.17, 15) is 12.8 Å². The number of rotatable bonds is 3. The van der Waals surface area contributed by atoms with E-state index in [1.807, 2.05) is 0 Å². The van der Waals surface area contributed by atoms with Crippen LogP contribution in [0.25, 0.3) is 0 Å². The minimum Gasteiger partial charge on any atom is -0.212 e. The van der Waals surface area contributed by atoms with Crippen LogP contribution in [0.3, 0.4) is 0 Å². The lowest BCUT2D eigenvalue weighted by molar-refractivity contribution is 0.517. The first-order valence-corrected chi connectivity index (χ1v) is 7.44. The van der Waals surface area contributed by atoms with Crippen molar-refractivity contribution in [2.24, 2.45) is 0 Å². The molecule has 0 fully saturated rings. The molecular formula is C7H4Cl3FO2S2. The Hall–Kier alpha value is 0.320. The molecule has 8 heteroatoms. The second-order valence-corrected chi connectivity index (χ2v) is 8.48. The molecule has 0 radical (unpaired) electrons. The van der Waals surface area contributed by atoms with E-state index >= 15 is 0 Å². The lowest BCUT2D eigenvalue weighted by Crippen LogP contribution is -2.04. The van der Waals surface area contributed by atoms with Crippen LogP contribution < -0.4 is 0 Å². The Balaban J connectivity index is 3.02. The van der Waals surface area contributed by atoms with Crippen molar-refractivity contribution in [3.63, 3.8) is 0 Å². The van der Waals surface area contributed by atoms with E-state index in [4.69, 9.17) is 34.8 Å². The van der Waals surface area contributed by atoms with Gasteiger partial charge in [0.1, 0.15) is 0 Å². The van der Waals surface area contributed by atoms with Gasteiger partial charge in [0.25, 0.3) is 0 Å². The summed E-state index contributed by atoms with van der Waals surface area (Å²) in [5.74, 6) is 0. The summed E-state index contributed by atoms with van der Waals surface area (Å²) in [6.07, 6.45) is 0. The summed E-state index contributed by atoms with van der Waals surface area (Å²) in [6, 6.07) is 5.23. The smallest absolute Gasteiger partial charge is 0.212 e. The predicted octanol–water partition coefficient (Wildman–Crippen LogP) is 3.82. The third kappa shape index (κ3) is 4.36. The fourth-order valence-corrected chi connectivity index (χ4v) is 4.58. The Morgan fingerprint density at radius 2 is 1.67 bits per heavy atom. The molecule has 2 nitrogen and oxygen atoms in total. The van der Waals surface area contributed by atoms with Gasteiger partial charge in [-0.3, -0.25) is 0 Å². The third-order valence-corrected chi connectivity index (χ3v) is 5.75. The SMILES string of the molecule is O=S(=O)(SC(F)(Cl)Cl)c1ccc(Cl)cc1. The zero-order valence-corrected chi connectivity index (χ0v) is 10.9. The van der Waals surface area contributed by atoms with E-state index in [1.54, 1.807) is 0 Å². The molecule has 0 aliphatic heterocycles. The van der Waals surface area contributed by atoms with Gasteiger partial charge < -0.3 is 0 Å². The molecule has 0 saturated carbocycles. The quantitative estimate of drug-likeness (QED) is 0.629. The van der Waals surface area contributed by atoms with E-state index in [-0.39, 0.29) is 15.7 Å². The van der Waals surface area contributed by atoms with E-state index in [1.165, 1.54) is 24.3 Å². The lowest BCUT2D eigenvalue weighted by Gasteiger charge is -2.08. The van der Waals surface area contributed by atoms with Gasteiger partial charge in [-0.05, 0) is 24.3 Å². The summed E-state index contributed by atoms with van der Waals surface area (Å²) in [7, 11) is -4.10. The molecule has 84 valence electrons. The fourth-order valence-electron chi connectivity index (χ4n) is 0.774. The van der Waals surface area contributed by atoms with Crippen molar-refractivity contribution < 1.29 is 12.8 Å². The maximum atomic E-state index is 12.7. The summed E-state index contributed by atoms with van der Waals surface area (Å²) >= 11 is 15.5. The van der Waals surface area contributed by atoms with Gasteiger partial charge in [0.2, 0.25) is 8.87 Å². The standard InChI is InChI=1S/C7H4Cl3FO2S2/c8-5-1-3-6(4-2-5)15(12,13)14-7(9,10)11/h1-4H. The van der Waals surface area contributed by atoms with Gasteiger partial charge in [-0.15, -0.1) is 0 Å². The second kappa shape index (κ2) is 4.67. The average molecular weight is 310 g/mol. The zero-order valence-electron chi connectivity index (χ0n) is 6.95. The summed E-state index contributed by atoms with van der Waals surface area (Å²) in [5.41, 5.74) is 0. The zero-order chi connectivity index (χ0) is 11.7. The normalized spacial score (nSPS) is 12.8. The van der Waals surface area contributed by atoms with Crippen LogP contribution in [0.2, 0.25) is 5.02 Å². The minimum atomic E-state index is -3.92. The molecule has 0 aliphatic rings. The van der Waals surface area contributed by atoms with E-state index in [0.29, 0.717) is 5.02 Å². The van der Waals surface area contributed by atoms with Crippen LogP contribution in [0.1, 0.15) is 0 Å². The van der Waals surface area contributed by atoms with Crippen LogP contribution in [0.15, 0.2) is 29.2 Å². The van der Waals surface area contributed by atoms with Gasteiger partial charge in [-0.2, -0.15) is 4.39 Å². The average Bonchev–Trinajstić information content (AvgIpc) is 2.00. The lowest BCUT2D eigenvalue weighted by atomic mass is 10.4. The monoisotopic (exact) mass is 308 g/mol. The Morgan fingerprint density at radius 3 is 2.07 bits per heavy atom. The van der Waals surface area contributed by atoms with Gasteiger partial charge in [-0.25, -0.2) is 8.42 Å². The van der Waals surface area contributed by atoms with Crippen molar-refractivity contribution >= 4 is 54.5 Å². The van der Waals surface area contributed by atoms with Gasteiger partial charge in [0.05, 0.1) is 4.90 Å². The number of hydrogen-bond acceptors (Lipinski definition) is 3. The molecule has 0 saturated heterocycles. The van der Waals surface area contributed by atoms with Crippen LogP contribution >= 0.6 is 45.6 Å². The summed E-state index contributed by atoms with van der Waals surface area (Å²) in [6.45, 7) is 0. The molecule has 0 spiro atoms. The fraction of sp³-hybridized carbons (Fsp3) is 0.143. The summed E-state index contributed by atoms with van der Waals surface area (Å²) < 4.78 is 32.8. The molecule has 0 aromatic heterocycles. The molecule has 0 atom stereocenters. The van der Waals surface area contributed by atoms with Gasteiger partial charge in [-0.1, -0.05) is 34.8 Å². The van der Waals surface area contributed by atoms with Crippen LogP contribution in [-0.4, -0.2) is 12.3 Å². The Labute approximate surface area is 105 Å². The van der Waals surface area contributed by atoms with Crippen LogP contribution in [0.4, 0.5) is 4.39 Å². The maximum absolute atomic E-state index is 12.7. The number of benzene rings is 1. The number of alkyl halides is 3. The summed E-state index contributed by atoms with van der Waals surface area (Å²) in [4.78, 5) is -0.111. The Kier molecular flexibility index (Phi) is 4.17. The van der Waals surface area contributed by atoms with Crippen molar-refractivity contribution in [3.05, 3.63) is 29.3 Å². The van der Waals surface area contributed by atoms with Gasteiger partial charge in [0.15, 0.2) is 0 Å². The first-order chi connectivity index (χ1) is 6.71. The van der Waals surface area contributed by atoms with E-state index < -0.39 is 12.8 Å². The van der Waals surface area contributed by atoms with Crippen molar-refractivity contribution in [3.8, 4) is 0 Å². The highest BCUT2D eigenvalue weighted by Crippen LogP contribution is 2.42. The molecule has 0 heterocycles. The molecule has 0 N–H and O–H groups in total. The molecule has 1 rings (SSSR count).